The lowest BCUT2D eigenvalue weighted by molar-refractivity contribution is -0.143. The summed E-state index contributed by atoms with van der Waals surface area (Å²) in [6.07, 6.45) is 6.94. The van der Waals surface area contributed by atoms with Crippen molar-refractivity contribution in [1.29, 1.82) is 0 Å². The zero-order valence-corrected chi connectivity index (χ0v) is 12.2. The molecule has 20 heavy (non-hydrogen) atoms. The van der Waals surface area contributed by atoms with Gasteiger partial charge < -0.3 is 10.2 Å². The predicted molar refractivity (Wildman–Crippen MR) is 77.5 cm³/mol. The van der Waals surface area contributed by atoms with Crippen LogP contribution in [0.2, 0.25) is 5.02 Å². The lowest BCUT2D eigenvalue weighted by Gasteiger charge is -2.28. The number of aliphatic carboxylic acids is 1. The Morgan fingerprint density at radius 3 is 2.45 bits per heavy atom. The van der Waals surface area contributed by atoms with Crippen LogP contribution in [0.15, 0.2) is 6.07 Å². The van der Waals surface area contributed by atoms with Crippen molar-refractivity contribution in [1.82, 2.24) is 0 Å². The van der Waals surface area contributed by atoms with Crippen LogP contribution in [0, 0.1) is 0 Å². The Morgan fingerprint density at radius 1 is 1.15 bits per heavy atom. The van der Waals surface area contributed by atoms with E-state index < -0.39 is 11.4 Å². The summed E-state index contributed by atoms with van der Waals surface area (Å²) in [5.41, 5.74) is 1.73. The summed E-state index contributed by atoms with van der Waals surface area (Å²) >= 11 is 6.32. The molecule has 0 spiro atoms. The van der Waals surface area contributed by atoms with Crippen molar-refractivity contribution in [3.63, 3.8) is 0 Å². The topological polar surface area (TPSA) is 57.5 Å². The molecule has 0 amide bonds. The van der Waals surface area contributed by atoms with Crippen LogP contribution >= 0.6 is 11.6 Å². The standard InChI is InChI=1S/C16H19ClO3/c17-13-11-6-2-1-5-10(11)9-12(14(13)18)16(15(19)20)7-3-4-8-16/h9,18H,1-8H2,(H,19,20). The number of hydrogen-bond acceptors (Lipinski definition) is 2. The highest BCUT2D eigenvalue weighted by atomic mass is 35.5. The van der Waals surface area contributed by atoms with E-state index >= 15 is 0 Å². The maximum Gasteiger partial charge on any atom is 0.314 e. The third-order valence-electron chi connectivity index (χ3n) is 4.94. The largest absolute Gasteiger partial charge is 0.506 e. The number of benzene rings is 1. The van der Waals surface area contributed by atoms with Crippen molar-refractivity contribution in [2.45, 2.75) is 56.8 Å². The van der Waals surface area contributed by atoms with Crippen LogP contribution in [0.5, 0.6) is 5.75 Å². The highest BCUT2D eigenvalue weighted by Gasteiger charge is 2.45. The number of carbonyl (C=O) groups is 1. The molecule has 0 unspecified atom stereocenters. The van der Waals surface area contributed by atoms with Crippen molar-refractivity contribution in [2.75, 3.05) is 0 Å². The Bertz CT molecular complexity index is 559. The number of phenolic OH excluding ortho intramolecular Hbond substituents is 1. The first-order valence-corrected chi connectivity index (χ1v) is 7.71. The molecule has 2 aliphatic rings. The van der Waals surface area contributed by atoms with E-state index in [1.807, 2.05) is 6.07 Å². The average molecular weight is 295 g/mol. The molecule has 0 heterocycles. The van der Waals surface area contributed by atoms with Crippen LogP contribution in [0.1, 0.15) is 55.2 Å². The van der Waals surface area contributed by atoms with Crippen LogP contribution in [-0.2, 0) is 23.1 Å². The Kier molecular flexibility index (Phi) is 3.41. The smallest absolute Gasteiger partial charge is 0.314 e. The van der Waals surface area contributed by atoms with E-state index in [4.69, 9.17) is 11.6 Å². The Balaban J connectivity index is 2.18. The fourth-order valence-electron chi connectivity index (χ4n) is 3.78. The maximum absolute atomic E-state index is 11.8. The first kappa shape index (κ1) is 13.7. The van der Waals surface area contributed by atoms with Gasteiger partial charge >= 0.3 is 5.97 Å². The van der Waals surface area contributed by atoms with E-state index in [1.165, 1.54) is 0 Å². The summed E-state index contributed by atoms with van der Waals surface area (Å²) in [5, 5.41) is 20.5. The first-order chi connectivity index (χ1) is 9.56. The quantitative estimate of drug-likeness (QED) is 0.872. The zero-order chi connectivity index (χ0) is 14.3. The van der Waals surface area contributed by atoms with Gasteiger partial charge in [-0.25, -0.2) is 0 Å². The van der Waals surface area contributed by atoms with E-state index in [2.05, 4.69) is 0 Å². The van der Waals surface area contributed by atoms with Crippen LogP contribution < -0.4 is 0 Å². The van der Waals surface area contributed by atoms with Gasteiger partial charge in [0.15, 0.2) is 0 Å². The summed E-state index contributed by atoms with van der Waals surface area (Å²) < 4.78 is 0. The second-order valence-corrected chi connectivity index (χ2v) is 6.40. The molecular weight excluding hydrogens is 276 g/mol. The summed E-state index contributed by atoms with van der Waals surface area (Å²) in [6.45, 7) is 0. The number of carboxylic acids is 1. The second kappa shape index (κ2) is 4.96. The molecule has 4 heteroatoms. The van der Waals surface area contributed by atoms with E-state index in [1.54, 1.807) is 0 Å². The molecule has 1 saturated carbocycles. The lowest BCUT2D eigenvalue weighted by atomic mass is 9.76. The molecule has 1 aromatic rings. The number of halogens is 1. The molecular formula is C16H19ClO3. The number of aromatic hydroxyl groups is 1. The van der Waals surface area contributed by atoms with Gasteiger partial charge in [0.25, 0.3) is 0 Å². The molecule has 0 aliphatic heterocycles. The number of phenols is 1. The minimum Gasteiger partial charge on any atom is -0.506 e. The highest BCUT2D eigenvalue weighted by molar-refractivity contribution is 6.33. The second-order valence-electron chi connectivity index (χ2n) is 6.03. The lowest BCUT2D eigenvalue weighted by Crippen LogP contribution is -2.33. The van der Waals surface area contributed by atoms with Crippen molar-refractivity contribution >= 4 is 17.6 Å². The minimum atomic E-state index is -0.944. The van der Waals surface area contributed by atoms with E-state index in [9.17, 15) is 15.0 Å². The summed E-state index contributed by atoms with van der Waals surface area (Å²) in [5.74, 6) is -0.839. The van der Waals surface area contributed by atoms with Crippen molar-refractivity contribution in [3.05, 3.63) is 27.8 Å². The van der Waals surface area contributed by atoms with E-state index in [-0.39, 0.29) is 5.75 Å². The Labute approximate surface area is 123 Å². The molecule has 108 valence electrons. The number of hydrogen-bond donors (Lipinski definition) is 2. The van der Waals surface area contributed by atoms with Gasteiger partial charge in [0, 0.05) is 5.56 Å². The molecule has 0 aromatic heterocycles. The zero-order valence-electron chi connectivity index (χ0n) is 11.4. The van der Waals surface area contributed by atoms with Gasteiger partial charge in [-0.2, -0.15) is 0 Å². The molecule has 0 bridgehead atoms. The molecule has 2 aliphatic carbocycles. The third-order valence-corrected chi connectivity index (χ3v) is 5.35. The first-order valence-electron chi connectivity index (χ1n) is 7.33. The van der Waals surface area contributed by atoms with Crippen molar-refractivity contribution in [3.8, 4) is 5.75 Å². The van der Waals surface area contributed by atoms with E-state index in [0.717, 1.165) is 49.7 Å². The Hall–Kier alpha value is -1.22. The normalized spacial score (nSPS) is 20.6. The molecule has 3 nitrogen and oxygen atoms in total. The molecule has 1 aromatic carbocycles. The molecule has 1 fully saturated rings. The van der Waals surface area contributed by atoms with Gasteiger partial charge in [-0.3, -0.25) is 4.79 Å². The van der Waals surface area contributed by atoms with Crippen molar-refractivity contribution < 1.29 is 15.0 Å². The number of rotatable bonds is 2. The predicted octanol–water partition coefficient (Wildman–Crippen LogP) is 3.82. The van der Waals surface area contributed by atoms with Crippen LogP contribution in [-0.4, -0.2) is 16.2 Å². The number of carboxylic acid groups (broad SMARTS) is 1. The monoisotopic (exact) mass is 294 g/mol. The fourth-order valence-corrected chi connectivity index (χ4v) is 4.10. The minimum absolute atomic E-state index is 0.00313. The van der Waals surface area contributed by atoms with Crippen molar-refractivity contribution in [2.24, 2.45) is 0 Å². The van der Waals surface area contributed by atoms with Gasteiger partial charge in [-0.05, 0) is 49.7 Å². The van der Waals surface area contributed by atoms with Gasteiger partial charge in [-0.15, -0.1) is 0 Å². The van der Waals surface area contributed by atoms with Gasteiger partial charge in [0.2, 0.25) is 0 Å². The Morgan fingerprint density at radius 2 is 1.80 bits per heavy atom. The third kappa shape index (κ3) is 1.91. The average Bonchev–Trinajstić information content (AvgIpc) is 2.93. The highest BCUT2D eigenvalue weighted by Crippen LogP contribution is 2.49. The molecule has 0 atom stereocenters. The molecule has 2 N–H and O–H groups in total. The summed E-state index contributed by atoms with van der Waals surface area (Å²) in [4.78, 5) is 11.8. The van der Waals surface area contributed by atoms with Crippen LogP contribution in [0.3, 0.4) is 0 Å². The fraction of sp³-hybridized carbons (Fsp3) is 0.562. The van der Waals surface area contributed by atoms with Crippen LogP contribution in [0.4, 0.5) is 0 Å². The summed E-state index contributed by atoms with van der Waals surface area (Å²) in [6, 6.07) is 1.91. The van der Waals surface area contributed by atoms with Crippen LogP contribution in [0.25, 0.3) is 0 Å². The summed E-state index contributed by atoms with van der Waals surface area (Å²) in [7, 11) is 0. The number of aryl methyl sites for hydroxylation is 1. The molecule has 0 saturated heterocycles. The SMILES string of the molecule is O=C(O)C1(c2cc3c(c(Cl)c2O)CCCC3)CCCC1. The van der Waals surface area contributed by atoms with Gasteiger partial charge in [0.1, 0.15) is 5.75 Å². The number of fused-ring (bicyclic) bond motifs is 1. The van der Waals surface area contributed by atoms with E-state index in [0.29, 0.717) is 23.4 Å². The van der Waals surface area contributed by atoms with Gasteiger partial charge in [-0.1, -0.05) is 30.5 Å². The molecule has 3 rings (SSSR count). The van der Waals surface area contributed by atoms with Gasteiger partial charge in [0.05, 0.1) is 10.4 Å². The molecule has 0 radical (unpaired) electrons. The maximum atomic E-state index is 11.8.